The van der Waals surface area contributed by atoms with Gasteiger partial charge >= 0.3 is 0 Å². The predicted octanol–water partition coefficient (Wildman–Crippen LogP) is 2.74. The van der Waals surface area contributed by atoms with Crippen molar-refractivity contribution in [3.63, 3.8) is 0 Å². The van der Waals surface area contributed by atoms with Gasteiger partial charge in [0, 0.05) is 42.8 Å². The van der Waals surface area contributed by atoms with Crippen LogP contribution in [0.5, 0.6) is 0 Å². The van der Waals surface area contributed by atoms with Gasteiger partial charge in [-0.05, 0) is 45.2 Å². The smallest absolute Gasteiger partial charge is 0.252 e. The quantitative estimate of drug-likeness (QED) is 0.773. The summed E-state index contributed by atoms with van der Waals surface area (Å²) in [7, 11) is 0. The number of hydrogen-bond donors (Lipinski definition) is 2. The lowest BCUT2D eigenvalue weighted by molar-refractivity contribution is 0.176. The van der Waals surface area contributed by atoms with E-state index in [0.717, 1.165) is 29.6 Å². The van der Waals surface area contributed by atoms with Gasteiger partial charge in [-0.15, -0.1) is 0 Å². The molecule has 0 aliphatic carbocycles. The third-order valence-electron chi connectivity index (χ3n) is 4.02. The number of hydrogen-bond acceptors (Lipinski definition) is 3. The molecule has 2 aromatic rings. The molecule has 0 aliphatic heterocycles. The van der Waals surface area contributed by atoms with E-state index < -0.39 is 0 Å². The molecule has 0 saturated heterocycles. The van der Waals surface area contributed by atoms with Gasteiger partial charge < -0.3 is 10.3 Å². The molecular formula is C18H27N3O. The second kappa shape index (κ2) is 7.56. The highest BCUT2D eigenvalue weighted by atomic mass is 16.1. The van der Waals surface area contributed by atoms with Gasteiger partial charge in [0.05, 0.1) is 0 Å². The van der Waals surface area contributed by atoms with Gasteiger partial charge in [0.25, 0.3) is 5.56 Å². The summed E-state index contributed by atoms with van der Waals surface area (Å²) in [6.45, 7) is 11.3. The maximum Gasteiger partial charge on any atom is 0.252 e. The number of nitrogens with one attached hydrogen (secondary N) is 2. The van der Waals surface area contributed by atoms with Crippen LogP contribution in [0.4, 0.5) is 0 Å². The first-order valence-corrected chi connectivity index (χ1v) is 8.06. The molecule has 0 spiro atoms. The summed E-state index contributed by atoms with van der Waals surface area (Å²) in [5.41, 5.74) is 1.68. The SMILES string of the molecule is CC(C)N(CCNCc1cc2ccccc2[nH]c1=O)C(C)C. The van der Waals surface area contributed by atoms with Crippen LogP contribution in [-0.4, -0.2) is 35.1 Å². The molecule has 1 heterocycles. The Bertz CT molecular complexity index is 653. The van der Waals surface area contributed by atoms with Gasteiger partial charge in [-0.3, -0.25) is 9.69 Å². The monoisotopic (exact) mass is 301 g/mol. The van der Waals surface area contributed by atoms with E-state index in [1.54, 1.807) is 0 Å². The molecule has 0 saturated carbocycles. The Kier molecular flexibility index (Phi) is 5.75. The van der Waals surface area contributed by atoms with Crippen molar-refractivity contribution >= 4 is 10.9 Å². The lowest BCUT2D eigenvalue weighted by atomic mass is 10.1. The Labute approximate surface area is 132 Å². The number of rotatable bonds is 7. The van der Waals surface area contributed by atoms with Crippen LogP contribution in [0, 0.1) is 0 Å². The number of para-hydroxylation sites is 1. The molecule has 0 aliphatic rings. The number of benzene rings is 1. The average Bonchev–Trinajstić information content (AvgIpc) is 2.46. The van der Waals surface area contributed by atoms with Crippen molar-refractivity contribution in [3.05, 3.63) is 46.2 Å². The molecule has 0 atom stereocenters. The number of aromatic nitrogens is 1. The zero-order valence-corrected chi connectivity index (χ0v) is 14.0. The number of aromatic amines is 1. The largest absolute Gasteiger partial charge is 0.322 e. The molecule has 0 radical (unpaired) electrons. The summed E-state index contributed by atoms with van der Waals surface area (Å²) in [4.78, 5) is 17.5. The summed E-state index contributed by atoms with van der Waals surface area (Å²) in [6, 6.07) is 10.9. The van der Waals surface area contributed by atoms with Crippen molar-refractivity contribution in [2.45, 2.75) is 46.3 Å². The van der Waals surface area contributed by atoms with E-state index in [1.165, 1.54) is 0 Å². The zero-order valence-electron chi connectivity index (χ0n) is 14.0. The first kappa shape index (κ1) is 16.7. The van der Waals surface area contributed by atoms with Gasteiger partial charge in [0.2, 0.25) is 0 Å². The van der Waals surface area contributed by atoms with Crippen LogP contribution in [0.2, 0.25) is 0 Å². The van der Waals surface area contributed by atoms with Gasteiger partial charge in [0.15, 0.2) is 0 Å². The zero-order chi connectivity index (χ0) is 16.1. The van der Waals surface area contributed by atoms with Crippen LogP contribution in [0.25, 0.3) is 10.9 Å². The summed E-state index contributed by atoms with van der Waals surface area (Å²) >= 11 is 0. The first-order valence-electron chi connectivity index (χ1n) is 8.06. The van der Waals surface area contributed by atoms with Crippen LogP contribution in [0.15, 0.2) is 35.1 Å². The third-order valence-corrected chi connectivity index (χ3v) is 4.02. The molecule has 0 unspecified atom stereocenters. The Morgan fingerprint density at radius 1 is 1.14 bits per heavy atom. The molecule has 0 bridgehead atoms. The van der Waals surface area contributed by atoms with E-state index in [1.807, 2.05) is 30.3 Å². The van der Waals surface area contributed by atoms with Gasteiger partial charge in [-0.1, -0.05) is 18.2 Å². The van der Waals surface area contributed by atoms with E-state index >= 15 is 0 Å². The van der Waals surface area contributed by atoms with Crippen molar-refractivity contribution in [2.75, 3.05) is 13.1 Å². The van der Waals surface area contributed by atoms with E-state index in [0.29, 0.717) is 18.6 Å². The summed E-state index contributed by atoms with van der Waals surface area (Å²) in [5, 5.41) is 4.46. The molecule has 22 heavy (non-hydrogen) atoms. The second-order valence-corrected chi connectivity index (χ2v) is 6.31. The highest BCUT2D eigenvalue weighted by Crippen LogP contribution is 2.10. The van der Waals surface area contributed by atoms with Crippen LogP contribution in [0.3, 0.4) is 0 Å². The van der Waals surface area contributed by atoms with Crippen molar-refractivity contribution in [2.24, 2.45) is 0 Å². The fraction of sp³-hybridized carbons (Fsp3) is 0.500. The predicted molar refractivity (Wildman–Crippen MR) is 93.3 cm³/mol. The fourth-order valence-corrected chi connectivity index (χ4v) is 2.87. The van der Waals surface area contributed by atoms with Crippen LogP contribution in [-0.2, 0) is 6.54 Å². The molecule has 1 aromatic heterocycles. The first-order chi connectivity index (χ1) is 10.5. The third kappa shape index (κ3) is 4.18. The minimum Gasteiger partial charge on any atom is -0.322 e. The van der Waals surface area contributed by atoms with Crippen LogP contribution < -0.4 is 10.9 Å². The van der Waals surface area contributed by atoms with Gasteiger partial charge in [-0.2, -0.15) is 0 Å². The standard InChI is InChI=1S/C18H27N3O/c1-13(2)21(14(3)4)10-9-19-12-16-11-15-7-5-6-8-17(15)20-18(16)22/h5-8,11,13-14,19H,9-10,12H2,1-4H3,(H,20,22). The van der Waals surface area contributed by atoms with Crippen LogP contribution >= 0.6 is 0 Å². The molecular weight excluding hydrogens is 274 g/mol. The fourth-order valence-electron chi connectivity index (χ4n) is 2.87. The van der Waals surface area contributed by atoms with E-state index in [4.69, 9.17) is 0 Å². The number of H-pyrrole nitrogens is 1. The Balaban J connectivity index is 1.95. The minimum atomic E-state index is -0.00391. The second-order valence-electron chi connectivity index (χ2n) is 6.31. The number of fused-ring (bicyclic) bond motifs is 1. The average molecular weight is 301 g/mol. The van der Waals surface area contributed by atoms with Gasteiger partial charge in [-0.25, -0.2) is 0 Å². The normalized spacial score (nSPS) is 12.0. The molecule has 4 nitrogen and oxygen atoms in total. The molecule has 2 rings (SSSR count). The molecule has 2 N–H and O–H groups in total. The number of pyridine rings is 1. The van der Waals surface area contributed by atoms with E-state index in [9.17, 15) is 4.79 Å². The molecule has 1 aromatic carbocycles. The maximum absolute atomic E-state index is 12.1. The Hall–Kier alpha value is -1.65. The topological polar surface area (TPSA) is 48.1 Å². The minimum absolute atomic E-state index is 0.00391. The number of nitrogens with zero attached hydrogens (tertiary/aromatic N) is 1. The lowest BCUT2D eigenvalue weighted by Crippen LogP contribution is -2.41. The van der Waals surface area contributed by atoms with Crippen molar-refractivity contribution in [1.82, 2.24) is 15.2 Å². The highest BCUT2D eigenvalue weighted by Gasteiger charge is 2.12. The molecule has 4 heteroatoms. The lowest BCUT2D eigenvalue weighted by Gasteiger charge is -2.30. The summed E-state index contributed by atoms with van der Waals surface area (Å²) in [5.74, 6) is 0. The molecule has 0 fully saturated rings. The van der Waals surface area contributed by atoms with E-state index in [-0.39, 0.29) is 5.56 Å². The van der Waals surface area contributed by atoms with E-state index in [2.05, 4.69) is 42.9 Å². The molecule has 0 amide bonds. The van der Waals surface area contributed by atoms with Crippen molar-refractivity contribution in [1.29, 1.82) is 0 Å². The summed E-state index contributed by atoms with van der Waals surface area (Å²) < 4.78 is 0. The Morgan fingerprint density at radius 2 is 1.82 bits per heavy atom. The van der Waals surface area contributed by atoms with Crippen molar-refractivity contribution in [3.8, 4) is 0 Å². The van der Waals surface area contributed by atoms with Crippen molar-refractivity contribution < 1.29 is 0 Å². The Morgan fingerprint density at radius 3 is 2.50 bits per heavy atom. The van der Waals surface area contributed by atoms with Gasteiger partial charge in [0.1, 0.15) is 0 Å². The highest BCUT2D eigenvalue weighted by molar-refractivity contribution is 5.78. The van der Waals surface area contributed by atoms with Crippen LogP contribution in [0.1, 0.15) is 33.3 Å². The maximum atomic E-state index is 12.1. The summed E-state index contributed by atoms with van der Waals surface area (Å²) in [6.07, 6.45) is 0. The molecule has 120 valence electrons.